The second kappa shape index (κ2) is 10.7. The Bertz CT molecular complexity index is 1410. The molecule has 0 radical (unpaired) electrons. The summed E-state index contributed by atoms with van der Waals surface area (Å²) in [6, 6.07) is 8.47. The molecule has 0 saturated heterocycles. The molecule has 15 heteroatoms. The number of hydrogen-bond donors (Lipinski definition) is 2. The van der Waals surface area contributed by atoms with Crippen molar-refractivity contribution in [2.45, 2.75) is 23.4 Å². The molecule has 3 aromatic rings. The zero-order valence-electron chi connectivity index (χ0n) is 18.0. The van der Waals surface area contributed by atoms with E-state index in [1.807, 2.05) is 0 Å². The monoisotopic (exact) mass is 565 g/mol. The Labute approximate surface area is 212 Å². The minimum Gasteiger partial charge on any atom is -0.382 e. The van der Waals surface area contributed by atoms with E-state index in [4.69, 9.17) is 27.9 Å². The van der Waals surface area contributed by atoms with E-state index in [1.54, 1.807) is 0 Å². The van der Waals surface area contributed by atoms with Gasteiger partial charge in [-0.1, -0.05) is 35.3 Å². The molecule has 0 aliphatic rings. The lowest BCUT2D eigenvalue weighted by Gasteiger charge is -2.22. The molecule has 2 N–H and O–H groups in total. The van der Waals surface area contributed by atoms with Crippen LogP contribution in [0.5, 0.6) is 0 Å². The molecule has 1 heterocycles. The van der Waals surface area contributed by atoms with Crippen molar-refractivity contribution >= 4 is 38.9 Å². The van der Waals surface area contributed by atoms with Gasteiger partial charge in [0.05, 0.1) is 36.7 Å². The lowest BCUT2D eigenvalue weighted by Crippen LogP contribution is -2.31. The highest BCUT2D eigenvalue weighted by Crippen LogP contribution is 2.37. The van der Waals surface area contributed by atoms with Crippen molar-refractivity contribution in [3.05, 3.63) is 97.3 Å². The van der Waals surface area contributed by atoms with Gasteiger partial charge in [-0.2, -0.15) is 17.9 Å². The Kier molecular flexibility index (Phi) is 8.23. The van der Waals surface area contributed by atoms with Crippen LogP contribution in [0, 0.1) is 10.1 Å². The topological polar surface area (TPSA) is 132 Å². The summed E-state index contributed by atoms with van der Waals surface area (Å²) in [5.74, 6) is 0. The van der Waals surface area contributed by atoms with E-state index in [1.165, 1.54) is 24.3 Å². The number of rotatable bonds is 8. The average Bonchev–Trinajstić information content (AvgIpc) is 2.81. The van der Waals surface area contributed by atoms with Crippen LogP contribution in [0.25, 0.3) is 0 Å². The summed E-state index contributed by atoms with van der Waals surface area (Å²) < 4.78 is 72.8. The average molecular weight is 566 g/mol. The molecule has 0 spiro atoms. The molecular formula is C21H16Cl2F3N3O6S. The number of hydrogen-bond acceptors (Lipinski definition) is 7. The van der Waals surface area contributed by atoms with Crippen LogP contribution in [0.2, 0.25) is 10.0 Å². The van der Waals surface area contributed by atoms with Crippen LogP contribution in [0.15, 0.2) is 59.6 Å². The molecule has 192 valence electrons. The minimum absolute atomic E-state index is 0.00406. The first kappa shape index (κ1) is 27.8. The number of aliphatic hydroxyl groups is 1. The molecule has 0 aliphatic carbocycles. The largest absolute Gasteiger partial charge is 0.417 e. The Hall–Kier alpha value is -2.81. The summed E-state index contributed by atoms with van der Waals surface area (Å²) in [6.07, 6.45) is -7.12. The van der Waals surface area contributed by atoms with Crippen molar-refractivity contribution in [2.75, 3.05) is 7.11 Å². The van der Waals surface area contributed by atoms with Crippen molar-refractivity contribution in [3.63, 3.8) is 0 Å². The van der Waals surface area contributed by atoms with Gasteiger partial charge in [0, 0.05) is 24.9 Å². The lowest BCUT2D eigenvalue weighted by molar-refractivity contribution is -0.386. The summed E-state index contributed by atoms with van der Waals surface area (Å²) in [7, 11) is -3.57. The highest BCUT2D eigenvalue weighted by atomic mass is 35.5. The minimum atomic E-state index is -4.91. The van der Waals surface area contributed by atoms with Gasteiger partial charge in [0.2, 0.25) is 10.0 Å². The molecular weight excluding hydrogens is 550 g/mol. The van der Waals surface area contributed by atoms with Crippen LogP contribution in [-0.2, 0) is 20.9 Å². The van der Waals surface area contributed by atoms with Gasteiger partial charge in [-0.05, 0) is 30.3 Å². The summed E-state index contributed by atoms with van der Waals surface area (Å²) in [5, 5.41) is 21.6. The van der Waals surface area contributed by atoms with E-state index in [0.717, 1.165) is 31.5 Å². The first-order chi connectivity index (χ1) is 16.8. The van der Waals surface area contributed by atoms with E-state index in [0.29, 0.717) is 6.07 Å². The molecule has 9 nitrogen and oxygen atoms in total. The predicted molar refractivity (Wildman–Crippen MR) is 123 cm³/mol. The summed E-state index contributed by atoms with van der Waals surface area (Å²) in [6.45, 7) is 0. The Balaban J connectivity index is 2.06. The van der Waals surface area contributed by atoms with Crippen LogP contribution in [0.4, 0.5) is 18.9 Å². The van der Waals surface area contributed by atoms with Crippen molar-refractivity contribution in [1.29, 1.82) is 0 Å². The molecule has 0 aliphatic heterocycles. The van der Waals surface area contributed by atoms with Gasteiger partial charge in [-0.15, -0.1) is 0 Å². The number of halogens is 5. The number of aromatic nitrogens is 1. The molecule has 2 unspecified atom stereocenters. The molecule has 1 aromatic heterocycles. The smallest absolute Gasteiger partial charge is 0.382 e. The summed E-state index contributed by atoms with van der Waals surface area (Å²) >= 11 is 11.6. The van der Waals surface area contributed by atoms with E-state index in [2.05, 4.69) is 9.71 Å². The zero-order valence-corrected chi connectivity index (χ0v) is 20.4. The molecule has 0 bridgehead atoms. The van der Waals surface area contributed by atoms with Gasteiger partial charge in [0.1, 0.15) is 12.3 Å². The SMILES string of the molecule is COC(NS(=O)(=O)c1ccc(Cl)c(C(F)(F)F)c1)c1cc(Cl)cnc1C(O)c1ccccc1[N+](=O)[O-]. The van der Waals surface area contributed by atoms with E-state index < -0.39 is 54.6 Å². The maximum Gasteiger partial charge on any atom is 0.417 e. The van der Waals surface area contributed by atoms with Gasteiger partial charge in [-0.3, -0.25) is 15.1 Å². The third kappa shape index (κ3) is 5.94. The van der Waals surface area contributed by atoms with Gasteiger partial charge in [0.15, 0.2) is 0 Å². The molecule has 0 fully saturated rings. The first-order valence-electron chi connectivity index (χ1n) is 9.75. The Morgan fingerprint density at radius 1 is 1.14 bits per heavy atom. The highest BCUT2D eigenvalue weighted by Gasteiger charge is 2.35. The number of alkyl halides is 3. The van der Waals surface area contributed by atoms with Crippen molar-refractivity contribution in [2.24, 2.45) is 0 Å². The van der Waals surface area contributed by atoms with Crippen LogP contribution >= 0.6 is 23.2 Å². The van der Waals surface area contributed by atoms with E-state index in [-0.39, 0.29) is 21.8 Å². The molecule has 36 heavy (non-hydrogen) atoms. The maximum atomic E-state index is 13.2. The number of nitrogens with zero attached hydrogens (tertiary/aromatic N) is 2. The van der Waals surface area contributed by atoms with Gasteiger partial charge >= 0.3 is 6.18 Å². The number of sulfonamides is 1. The first-order valence-corrected chi connectivity index (χ1v) is 12.0. The standard InChI is InChI=1S/C21H16Cl2F3N3O6S/c1-35-20(28-36(33,34)12-6-7-16(23)15(9-12)21(24,25)26)14-8-11(22)10-27-18(14)19(30)13-4-2-3-5-17(13)29(31)32/h2-10,19-20,28,30H,1H3. The quantitative estimate of drug-likeness (QED) is 0.222. The zero-order chi connectivity index (χ0) is 26.8. The fraction of sp³-hybridized carbons (Fsp3) is 0.190. The highest BCUT2D eigenvalue weighted by molar-refractivity contribution is 7.89. The number of nitro benzene ring substituents is 1. The second-order valence-electron chi connectivity index (χ2n) is 7.22. The van der Waals surface area contributed by atoms with Crippen LogP contribution < -0.4 is 4.72 Å². The number of nitro groups is 1. The number of ether oxygens (including phenoxy) is 1. The number of pyridine rings is 1. The predicted octanol–water partition coefficient (Wildman–Crippen LogP) is 5.02. The number of nitrogens with one attached hydrogen (secondary N) is 1. The van der Waals surface area contributed by atoms with Crippen molar-refractivity contribution in [1.82, 2.24) is 9.71 Å². The van der Waals surface area contributed by atoms with Crippen LogP contribution in [-0.4, -0.2) is 30.5 Å². The summed E-state index contributed by atoms with van der Waals surface area (Å²) in [5.41, 5.74) is -2.32. The second-order valence-corrected chi connectivity index (χ2v) is 9.78. The van der Waals surface area contributed by atoms with Crippen molar-refractivity contribution < 1.29 is 36.4 Å². The van der Waals surface area contributed by atoms with E-state index in [9.17, 15) is 36.8 Å². The van der Waals surface area contributed by atoms with Gasteiger partial charge in [0.25, 0.3) is 5.69 Å². The molecule has 2 atom stereocenters. The third-order valence-electron chi connectivity index (χ3n) is 4.94. The fourth-order valence-electron chi connectivity index (χ4n) is 3.27. The molecule has 0 saturated carbocycles. The fourth-order valence-corrected chi connectivity index (χ4v) is 4.82. The number of para-hydroxylation sites is 1. The Morgan fingerprint density at radius 2 is 1.81 bits per heavy atom. The number of methoxy groups -OCH3 is 1. The number of benzene rings is 2. The third-order valence-corrected chi connectivity index (χ3v) is 6.87. The van der Waals surface area contributed by atoms with Gasteiger partial charge in [-0.25, -0.2) is 8.42 Å². The van der Waals surface area contributed by atoms with Gasteiger partial charge < -0.3 is 9.84 Å². The molecule has 3 rings (SSSR count). The molecule has 2 aromatic carbocycles. The normalized spacial score (nSPS) is 13.9. The maximum absolute atomic E-state index is 13.2. The van der Waals surface area contributed by atoms with Crippen molar-refractivity contribution in [3.8, 4) is 0 Å². The van der Waals surface area contributed by atoms with E-state index >= 15 is 0 Å². The number of aliphatic hydroxyl groups excluding tert-OH is 1. The molecule has 0 amide bonds. The Morgan fingerprint density at radius 3 is 2.42 bits per heavy atom. The van der Waals surface area contributed by atoms with Crippen LogP contribution in [0.1, 0.15) is 34.7 Å². The lowest BCUT2D eigenvalue weighted by atomic mass is 10.00. The van der Waals surface area contributed by atoms with Crippen LogP contribution in [0.3, 0.4) is 0 Å². The summed E-state index contributed by atoms with van der Waals surface area (Å²) in [4.78, 5) is 13.9.